The third-order valence-electron chi connectivity index (χ3n) is 4.03. The highest BCUT2D eigenvalue weighted by atomic mass is 32.2. The number of rotatable bonds is 4. The lowest BCUT2D eigenvalue weighted by molar-refractivity contribution is 0.269. The van der Waals surface area contributed by atoms with Crippen LogP contribution in [0.4, 0.5) is 4.39 Å². The van der Waals surface area contributed by atoms with Crippen molar-refractivity contribution in [2.75, 3.05) is 13.1 Å². The normalized spacial score (nSPS) is 18.4. The number of nitrogens with two attached hydrogens (primary N) is 1. The molecule has 0 radical (unpaired) electrons. The van der Waals surface area contributed by atoms with E-state index in [9.17, 15) is 12.8 Å². The molecule has 112 valence electrons. The van der Waals surface area contributed by atoms with Crippen LogP contribution in [0.25, 0.3) is 0 Å². The van der Waals surface area contributed by atoms with Gasteiger partial charge >= 0.3 is 0 Å². The Balaban J connectivity index is 2.22. The Morgan fingerprint density at radius 3 is 2.55 bits per heavy atom. The van der Waals surface area contributed by atoms with Gasteiger partial charge in [-0.1, -0.05) is 13.3 Å². The Labute approximate surface area is 119 Å². The van der Waals surface area contributed by atoms with Crippen molar-refractivity contribution in [3.05, 3.63) is 29.6 Å². The van der Waals surface area contributed by atoms with Gasteiger partial charge in [-0.3, -0.25) is 0 Å². The van der Waals surface area contributed by atoms with Gasteiger partial charge in [0.1, 0.15) is 5.82 Å². The van der Waals surface area contributed by atoms with Gasteiger partial charge in [0.05, 0.1) is 4.90 Å². The van der Waals surface area contributed by atoms with Crippen LogP contribution in [0, 0.1) is 11.7 Å². The van der Waals surface area contributed by atoms with Crippen LogP contribution < -0.4 is 5.73 Å². The fraction of sp³-hybridized carbons (Fsp3) is 0.571. The van der Waals surface area contributed by atoms with E-state index < -0.39 is 15.8 Å². The third kappa shape index (κ3) is 3.02. The van der Waals surface area contributed by atoms with Crippen LogP contribution in [-0.2, 0) is 16.6 Å². The van der Waals surface area contributed by atoms with E-state index in [4.69, 9.17) is 5.73 Å². The smallest absolute Gasteiger partial charge is 0.243 e. The maximum atomic E-state index is 13.4. The minimum atomic E-state index is -3.53. The van der Waals surface area contributed by atoms with Crippen LogP contribution in [0.3, 0.4) is 0 Å². The van der Waals surface area contributed by atoms with Gasteiger partial charge in [-0.05, 0) is 37.0 Å². The second-order valence-corrected chi connectivity index (χ2v) is 7.15. The van der Waals surface area contributed by atoms with Crippen molar-refractivity contribution in [3.63, 3.8) is 0 Å². The quantitative estimate of drug-likeness (QED) is 0.926. The summed E-state index contributed by atoms with van der Waals surface area (Å²) in [5.41, 5.74) is 5.66. The second-order valence-electron chi connectivity index (χ2n) is 5.21. The van der Waals surface area contributed by atoms with E-state index in [-0.39, 0.29) is 17.0 Å². The van der Waals surface area contributed by atoms with Gasteiger partial charge in [-0.15, -0.1) is 0 Å². The summed E-state index contributed by atoms with van der Waals surface area (Å²) in [7, 11) is -3.53. The molecule has 2 rings (SSSR count). The maximum Gasteiger partial charge on any atom is 0.243 e. The van der Waals surface area contributed by atoms with Gasteiger partial charge in [-0.25, -0.2) is 12.8 Å². The molecule has 1 aliphatic heterocycles. The summed E-state index contributed by atoms with van der Waals surface area (Å²) in [6.07, 6.45) is 2.86. The molecule has 20 heavy (non-hydrogen) atoms. The molecule has 0 spiro atoms. The number of hydrogen-bond acceptors (Lipinski definition) is 3. The molecule has 4 nitrogen and oxygen atoms in total. The minimum absolute atomic E-state index is 0.00684. The lowest BCUT2D eigenvalue weighted by atomic mass is 9.96. The van der Waals surface area contributed by atoms with E-state index in [0.29, 0.717) is 19.0 Å². The zero-order valence-electron chi connectivity index (χ0n) is 11.7. The first-order chi connectivity index (χ1) is 9.48. The van der Waals surface area contributed by atoms with Crippen LogP contribution in [0.5, 0.6) is 0 Å². The van der Waals surface area contributed by atoms with Crippen LogP contribution in [0.2, 0.25) is 0 Å². The molecule has 0 unspecified atom stereocenters. The Morgan fingerprint density at radius 1 is 1.35 bits per heavy atom. The summed E-state index contributed by atoms with van der Waals surface area (Å²) < 4.78 is 40.0. The molecule has 1 aromatic rings. The number of sulfonamides is 1. The summed E-state index contributed by atoms with van der Waals surface area (Å²) in [6.45, 7) is 3.20. The molecule has 0 aliphatic carbocycles. The molecular weight excluding hydrogens is 279 g/mol. The first kappa shape index (κ1) is 15.4. The van der Waals surface area contributed by atoms with Crippen LogP contribution in [0.15, 0.2) is 23.1 Å². The monoisotopic (exact) mass is 300 g/mol. The highest BCUT2D eigenvalue weighted by molar-refractivity contribution is 7.89. The van der Waals surface area contributed by atoms with Crippen molar-refractivity contribution in [2.24, 2.45) is 11.7 Å². The van der Waals surface area contributed by atoms with Gasteiger partial charge in [-0.2, -0.15) is 4.31 Å². The lowest BCUT2D eigenvalue weighted by Crippen LogP contribution is -2.38. The number of benzene rings is 1. The van der Waals surface area contributed by atoms with E-state index in [2.05, 4.69) is 6.92 Å². The van der Waals surface area contributed by atoms with Crippen molar-refractivity contribution in [1.29, 1.82) is 0 Å². The highest BCUT2D eigenvalue weighted by Crippen LogP contribution is 2.26. The topological polar surface area (TPSA) is 63.4 Å². The maximum absolute atomic E-state index is 13.4. The molecule has 0 saturated carbocycles. The van der Waals surface area contributed by atoms with Crippen molar-refractivity contribution in [2.45, 2.75) is 37.6 Å². The van der Waals surface area contributed by atoms with E-state index in [0.717, 1.165) is 19.3 Å². The van der Waals surface area contributed by atoms with E-state index in [1.165, 1.54) is 22.5 Å². The standard InChI is InChI=1S/C14H21FN2O2S/c1-2-11-5-7-17(8-6-11)20(18,19)13-3-4-14(15)12(9-13)10-16/h3-4,9,11H,2,5-8,10,16H2,1H3. The molecule has 0 amide bonds. The predicted molar refractivity (Wildman–Crippen MR) is 76.1 cm³/mol. The number of hydrogen-bond donors (Lipinski definition) is 1. The first-order valence-electron chi connectivity index (χ1n) is 6.97. The van der Waals surface area contributed by atoms with Crippen molar-refractivity contribution >= 4 is 10.0 Å². The van der Waals surface area contributed by atoms with Gasteiger partial charge in [0.25, 0.3) is 0 Å². The van der Waals surface area contributed by atoms with E-state index >= 15 is 0 Å². The molecule has 0 bridgehead atoms. The summed E-state index contributed by atoms with van der Waals surface area (Å²) in [5, 5.41) is 0. The third-order valence-corrected chi connectivity index (χ3v) is 5.92. The SMILES string of the molecule is CCC1CCN(S(=O)(=O)c2ccc(F)c(CN)c2)CC1. The van der Waals surface area contributed by atoms with Crippen molar-refractivity contribution < 1.29 is 12.8 Å². The van der Waals surface area contributed by atoms with Crippen LogP contribution in [0.1, 0.15) is 31.7 Å². The largest absolute Gasteiger partial charge is 0.326 e. The zero-order chi connectivity index (χ0) is 14.8. The molecule has 1 aromatic carbocycles. The fourth-order valence-corrected chi connectivity index (χ4v) is 4.10. The van der Waals surface area contributed by atoms with E-state index in [1.54, 1.807) is 0 Å². The average Bonchev–Trinajstić information content (AvgIpc) is 2.47. The molecular formula is C14H21FN2O2S. The molecule has 2 N–H and O–H groups in total. The summed E-state index contributed by atoms with van der Waals surface area (Å²) in [5.74, 6) is 0.144. The highest BCUT2D eigenvalue weighted by Gasteiger charge is 2.29. The van der Waals surface area contributed by atoms with Crippen LogP contribution >= 0.6 is 0 Å². The fourth-order valence-electron chi connectivity index (χ4n) is 2.57. The summed E-state index contributed by atoms with van der Waals surface area (Å²) >= 11 is 0. The average molecular weight is 300 g/mol. The molecule has 1 heterocycles. The molecule has 0 atom stereocenters. The molecule has 1 fully saturated rings. The second kappa shape index (κ2) is 6.20. The molecule has 6 heteroatoms. The van der Waals surface area contributed by atoms with Gasteiger partial charge < -0.3 is 5.73 Å². The number of piperidine rings is 1. The molecule has 0 aromatic heterocycles. The van der Waals surface area contributed by atoms with Gasteiger partial charge in [0.2, 0.25) is 10.0 Å². The molecule has 1 aliphatic rings. The first-order valence-corrected chi connectivity index (χ1v) is 8.41. The Bertz CT molecular complexity index is 567. The Kier molecular flexibility index (Phi) is 4.78. The predicted octanol–water partition coefficient (Wildman–Crippen LogP) is 2.10. The Morgan fingerprint density at radius 2 is 2.00 bits per heavy atom. The number of halogens is 1. The van der Waals surface area contributed by atoms with Crippen molar-refractivity contribution in [1.82, 2.24) is 4.31 Å². The minimum Gasteiger partial charge on any atom is -0.326 e. The summed E-state index contributed by atoms with van der Waals surface area (Å²) in [4.78, 5) is 0.134. The zero-order valence-corrected chi connectivity index (χ0v) is 12.5. The molecule has 1 saturated heterocycles. The van der Waals surface area contributed by atoms with Gasteiger partial charge in [0, 0.05) is 25.2 Å². The number of nitrogens with zero attached hydrogens (tertiary/aromatic N) is 1. The van der Waals surface area contributed by atoms with Crippen LogP contribution in [-0.4, -0.2) is 25.8 Å². The lowest BCUT2D eigenvalue weighted by Gasteiger charge is -2.30. The van der Waals surface area contributed by atoms with Crippen molar-refractivity contribution in [3.8, 4) is 0 Å². The Hall–Kier alpha value is -0.980. The van der Waals surface area contributed by atoms with E-state index in [1.807, 2.05) is 0 Å². The summed E-state index contributed by atoms with van der Waals surface area (Å²) in [6, 6.07) is 3.83. The van der Waals surface area contributed by atoms with Gasteiger partial charge in [0.15, 0.2) is 0 Å².